The number of hydrogen-bond acceptors (Lipinski definition) is 7. The van der Waals surface area contributed by atoms with Crippen LogP contribution in [0, 0.1) is 17.8 Å². The molecule has 2 aliphatic heterocycles. The number of carbonyl (C=O) groups excluding carboxylic acids is 1. The fourth-order valence-corrected chi connectivity index (χ4v) is 9.03. The third-order valence-corrected chi connectivity index (χ3v) is 12.4. The first-order chi connectivity index (χ1) is 21.1. The van der Waals surface area contributed by atoms with Crippen LogP contribution in [0.25, 0.3) is 0 Å². The molecular formula is C34H43ClN2O6S. The molecule has 238 valence electrons. The lowest BCUT2D eigenvalue weighted by Gasteiger charge is -2.46. The number of fused-ring (bicyclic) bond motifs is 4. The molecule has 10 heteroatoms. The van der Waals surface area contributed by atoms with Crippen LogP contribution in [0.4, 0.5) is 5.69 Å². The van der Waals surface area contributed by atoms with E-state index in [2.05, 4.69) is 27.8 Å². The maximum absolute atomic E-state index is 13.4. The zero-order chi connectivity index (χ0) is 31.1. The molecule has 0 unspecified atom stereocenters. The molecule has 44 heavy (non-hydrogen) atoms. The van der Waals surface area contributed by atoms with Crippen LogP contribution in [0.3, 0.4) is 0 Å². The maximum atomic E-state index is 13.4. The molecule has 6 atom stereocenters. The zero-order valence-corrected chi connectivity index (χ0v) is 27.1. The van der Waals surface area contributed by atoms with Crippen molar-refractivity contribution in [2.45, 2.75) is 68.6 Å². The van der Waals surface area contributed by atoms with Crippen LogP contribution in [0.2, 0.25) is 5.02 Å². The molecule has 8 nitrogen and oxygen atoms in total. The highest BCUT2D eigenvalue weighted by molar-refractivity contribution is 7.90. The standard InChI is InChI=1S/C34H43ClN2O6S/c1-22-16-23(13-15-38)5-11-31(42-2)28-9-6-26(28)19-37-20-34(14-3-4-24-17-27(35)8-10-29(24)34)21-43-32-12-7-25(18-30(32)37)33(39)36-44(22,40)41/h5,7-8,10-12,17-18,22-23,26,28,31,38H,3-4,6,9,13-16,19-21H2,1-2H3,(H,36,39)/b11-5-/t22-,23-,26+,28-,31+,34+/m1/s1. The lowest BCUT2D eigenvalue weighted by molar-refractivity contribution is 0.0129. The van der Waals surface area contributed by atoms with Gasteiger partial charge in [0.15, 0.2) is 0 Å². The molecule has 0 saturated heterocycles. The van der Waals surface area contributed by atoms with E-state index in [9.17, 15) is 18.3 Å². The molecular weight excluding hydrogens is 600 g/mol. The minimum Gasteiger partial charge on any atom is -0.490 e. The number of sulfonamides is 1. The van der Waals surface area contributed by atoms with E-state index in [0.717, 1.165) is 49.4 Å². The molecule has 2 aromatic carbocycles. The maximum Gasteiger partial charge on any atom is 0.264 e. The third-order valence-electron chi connectivity index (χ3n) is 10.4. The summed E-state index contributed by atoms with van der Waals surface area (Å²) in [6, 6.07) is 11.4. The number of benzene rings is 2. The molecule has 1 spiro atoms. The van der Waals surface area contributed by atoms with Gasteiger partial charge < -0.3 is 19.5 Å². The summed E-state index contributed by atoms with van der Waals surface area (Å²) in [6.45, 7) is 3.53. The van der Waals surface area contributed by atoms with Crippen molar-refractivity contribution in [3.05, 3.63) is 70.3 Å². The van der Waals surface area contributed by atoms with E-state index in [0.29, 0.717) is 37.2 Å². The van der Waals surface area contributed by atoms with Crippen molar-refractivity contribution in [2.24, 2.45) is 17.8 Å². The molecule has 2 N–H and O–H groups in total. The Morgan fingerprint density at radius 2 is 2.02 bits per heavy atom. The first-order valence-corrected chi connectivity index (χ1v) is 17.7. The zero-order valence-electron chi connectivity index (χ0n) is 25.5. The van der Waals surface area contributed by atoms with Gasteiger partial charge in [-0.2, -0.15) is 0 Å². The summed E-state index contributed by atoms with van der Waals surface area (Å²) in [5, 5.41) is 9.60. The summed E-state index contributed by atoms with van der Waals surface area (Å²) in [7, 11) is -2.24. The first-order valence-electron chi connectivity index (χ1n) is 15.8. The minimum atomic E-state index is -3.97. The molecule has 2 heterocycles. The summed E-state index contributed by atoms with van der Waals surface area (Å²) >= 11 is 6.41. The number of aliphatic hydroxyl groups is 1. The van der Waals surface area contributed by atoms with Gasteiger partial charge in [0.2, 0.25) is 10.0 Å². The number of ether oxygens (including phenoxy) is 2. The normalized spacial score (nSPS) is 32.3. The average Bonchev–Trinajstić information content (AvgIpc) is 3.13. The van der Waals surface area contributed by atoms with Crippen LogP contribution in [-0.2, 0) is 26.6 Å². The second-order valence-electron chi connectivity index (χ2n) is 13.2. The van der Waals surface area contributed by atoms with Crippen molar-refractivity contribution >= 4 is 33.2 Å². The number of aryl methyl sites for hydroxylation is 1. The average molecular weight is 643 g/mol. The highest BCUT2D eigenvalue weighted by Crippen LogP contribution is 2.47. The number of anilines is 1. The van der Waals surface area contributed by atoms with Gasteiger partial charge in [0.25, 0.3) is 5.91 Å². The van der Waals surface area contributed by atoms with E-state index in [-0.39, 0.29) is 36.0 Å². The summed E-state index contributed by atoms with van der Waals surface area (Å²) < 4.78 is 41.4. The molecule has 0 aromatic heterocycles. The Balaban J connectivity index is 1.42. The second kappa shape index (κ2) is 12.7. The monoisotopic (exact) mass is 642 g/mol. The van der Waals surface area contributed by atoms with Crippen LogP contribution in [0.5, 0.6) is 5.75 Å². The highest BCUT2D eigenvalue weighted by Gasteiger charge is 2.44. The Bertz CT molecular complexity index is 1530. The minimum absolute atomic E-state index is 0.0545. The Morgan fingerprint density at radius 1 is 1.18 bits per heavy atom. The van der Waals surface area contributed by atoms with Gasteiger partial charge in [-0.25, -0.2) is 13.1 Å². The van der Waals surface area contributed by atoms with Crippen LogP contribution in [0.15, 0.2) is 48.6 Å². The van der Waals surface area contributed by atoms with E-state index in [1.54, 1.807) is 32.2 Å². The summed E-state index contributed by atoms with van der Waals surface area (Å²) in [6.07, 6.45) is 9.74. The smallest absolute Gasteiger partial charge is 0.264 e. The largest absolute Gasteiger partial charge is 0.490 e. The summed E-state index contributed by atoms with van der Waals surface area (Å²) in [5.74, 6) is 0.537. The fraction of sp³-hybridized carbons (Fsp3) is 0.559. The molecule has 2 bridgehead atoms. The topological polar surface area (TPSA) is 105 Å². The van der Waals surface area contributed by atoms with E-state index in [4.69, 9.17) is 21.1 Å². The van der Waals surface area contributed by atoms with Gasteiger partial charge >= 0.3 is 0 Å². The summed E-state index contributed by atoms with van der Waals surface area (Å²) in [4.78, 5) is 15.8. The number of nitrogens with one attached hydrogen (secondary N) is 1. The van der Waals surface area contributed by atoms with Crippen LogP contribution in [0.1, 0.15) is 66.9 Å². The van der Waals surface area contributed by atoms with Gasteiger partial charge in [-0.3, -0.25) is 4.79 Å². The van der Waals surface area contributed by atoms with Crippen molar-refractivity contribution in [3.63, 3.8) is 0 Å². The molecule has 2 aromatic rings. The number of carbonyl (C=O) groups is 1. The Kier molecular flexibility index (Phi) is 9.03. The van der Waals surface area contributed by atoms with Crippen molar-refractivity contribution in [2.75, 3.05) is 38.3 Å². The molecule has 0 radical (unpaired) electrons. The Hall–Kier alpha value is -2.59. The fourth-order valence-electron chi connectivity index (χ4n) is 7.76. The van der Waals surface area contributed by atoms with Gasteiger partial charge in [0, 0.05) is 42.8 Å². The van der Waals surface area contributed by atoms with Crippen LogP contribution < -0.4 is 14.4 Å². The van der Waals surface area contributed by atoms with Crippen molar-refractivity contribution < 1.29 is 27.8 Å². The molecule has 6 rings (SSSR count). The molecule has 4 aliphatic rings. The van der Waals surface area contributed by atoms with Gasteiger partial charge in [0.1, 0.15) is 5.75 Å². The van der Waals surface area contributed by atoms with Crippen molar-refractivity contribution in [3.8, 4) is 5.75 Å². The number of amides is 1. The Morgan fingerprint density at radius 3 is 2.77 bits per heavy atom. The highest BCUT2D eigenvalue weighted by atomic mass is 35.5. The number of hydrogen-bond donors (Lipinski definition) is 2. The lowest BCUT2D eigenvalue weighted by atomic mass is 9.68. The first kappa shape index (κ1) is 31.4. The quantitative estimate of drug-likeness (QED) is 0.440. The third kappa shape index (κ3) is 6.13. The van der Waals surface area contributed by atoms with Crippen molar-refractivity contribution in [1.29, 1.82) is 0 Å². The number of halogens is 1. The van der Waals surface area contributed by atoms with E-state index in [1.807, 2.05) is 12.1 Å². The van der Waals surface area contributed by atoms with E-state index in [1.165, 1.54) is 11.1 Å². The predicted molar refractivity (Wildman–Crippen MR) is 172 cm³/mol. The molecule has 1 saturated carbocycles. The van der Waals surface area contributed by atoms with Crippen molar-refractivity contribution in [1.82, 2.24) is 4.72 Å². The lowest BCUT2D eigenvalue weighted by Crippen LogP contribution is -2.49. The van der Waals surface area contributed by atoms with E-state index < -0.39 is 21.2 Å². The Labute approximate surface area is 265 Å². The molecule has 2 aliphatic carbocycles. The number of nitrogens with zero attached hydrogens (tertiary/aromatic N) is 1. The van der Waals surface area contributed by atoms with Gasteiger partial charge in [-0.1, -0.05) is 29.8 Å². The number of allylic oxidation sites excluding steroid dienone is 1. The molecule has 1 fully saturated rings. The summed E-state index contributed by atoms with van der Waals surface area (Å²) in [5.41, 5.74) is 3.36. The second-order valence-corrected chi connectivity index (χ2v) is 15.7. The number of rotatable bonds is 3. The number of aliphatic hydroxyl groups excluding tert-OH is 1. The predicted octanol–water partition coefficient (Wildman–Crippen LogP) is 5.26. The molecule has 1 amide bonds. The van der Waals surface area contributed by atoms with Gasteiger partial charge in [-0.15, -0.1) is 0 Å². The van der Waals surface area contributed by atoms with Gasteiger partial charge in [-0.05, 0) is 111 Å². The SMILES string of the molecule is CO[C@H]1/C=C\[C@H](CCO)C[C@@H](C)S(=O)(=O)NC(=O)c2ccc3c(c2)N(C[C@@H]2CC[C@H]21)C[C@@]1(CCCc2cc(Cl)ccc21)CO3. The van der Waals surface area contributed by atoms with Crippen LogP contribution in [-0.4, -0.2) is 64.2 Å². The van der Waals surface area contributed by atoms with Crippen LogP contribution >= 0.6 is 11.6 Å². The van der Waals surface area contributed by atoms with E-state index >= 15 is 0 Å². The number of methoxy groups -OCH3 is 1. The van der Waals surface area contributed by atoms with Gasteiger partial charge in [0.05, 0.1) is 23.6 Å².